The number of benzene rings is 2. The lowest BCUT2D eigenvalue weighted by Gasteiger charge is -2.08. The van der Waals surface area contributed by atoms with E-state index >= 15 is 0 Å². The van der Waals surface area contributed by atoms with Crippen LogP contribution in [0.25, 0.3) is 0 Å². The van der Waals surface area contributed by atoms with Gasteiger partial charge in [0, 0.05) is 5.56 Å². The molecule has 110 valence electrons. The maximum absolute atomic E-state index is 11.6. The first-order chi connectivity index (χ1) is 9.85. The minimum absolute atomic E-state index is 0.215. The second kappa shape index (κ2) is 6.15. The molecule has 0 aliphatic carbocycles. The summed E-state index contributed by atoms with van der Waals surface area (Å²) in [5.74, 6) is 0.285. The topological polar surface area (TPSA) is 72.5 Å². The summed E-state index contributed by atoms with van der Waals surface area (Å²) in [5.41, 5.74) is 0.215. The number of sulfonamides is 1. The molecule has 0 aromatic heterocycles. The van der Waals surface area contributed by atoms with Gasteiger partial charge in [0.25, 0.3) is 5.91 Å². The molecule has 0 bridgehead atoms. The van der Waals surface area contributed by atoms with Crippen molar-refractivity contribution in [3.05, 3.63) is 59.1 Å². The summed E-state index contributed by atoms with van der Waals surface area (Å²) < 4.78 is 29.4. The van der Waals surface area contributed by atoms with E-state index in [9.17, 15) is 13.2 Å². The minimum atomic E-state index is -3.58. The molecule has 0 heterocycles. The number of carbonyl (C=O) groups is 1. The largest absolute Gasteiger partial charge is 0.456 e. The Hall–Kier alpha value is -2.05. The Morgan fingerprint density at radius 3 is 2.29 bits per heavy atom. The lowest BCUT2D eigenvalue weighted by atomic mass is 10.2. The van der Waals surface area contributed by atoms with Gasteiger partial charge in [-0.15, -0.1) is 0 Å². The normalized spacial score (nSPS) is 11.0. The van der Waals surface area contributed by atoms with Gasteiger partial charge in [-0.25, -0.2) is 13.1 Å². The zero-order chi connectivity index (χ0) is 15.5. The summed E-state index contributed by atoms with van der Waals surface area (Å²) in [6, 6.07) is 13.0. The molecule has 1 N–H and O–H groups in total. The Morgan fingerprint density at radius 2 is 1.71 bits per heavy atom. The lowest BCUT2D eigenvalue weighted by Crippen LogP contribution is -2.29. The van der Waals surface area contributed by atoms with Crippen molar-refractivity contribution in [2.75, 3.05) is 6.26 Å². The third-order valence-corrected chi connectivity index (χ3v) is 3.33. The van der Waals surface area contributed by atoms with Crippen LogP contribution in [0.1, 0.15) is 10.4 Å². The highest BCUT2D eigenvalue weighted by Crippen LogP contribution is 2.28. The summed E-state index contributed by atoms with van der Waals surface area (Å²) in [5, 5.41) is 0.469. The molecular formula is C14H12ClNO4S. The number of hydrogen-bond acceptors (Lipinski definition) is 4. The molecule has 0 unspecified atom stereocenters. The van der Waals surface area contributed by atoms with Crippen molar-refractivity contribution in [1.29, 1.82) is 0 Å². The summed E-state index contributed by atoms with van der Waals surface area (Å²) in [6.45, 7) is 0. The van der Waals surface area contributed by atoms with Crippen LogP contribution in [0.2, 0.25) is 5.02 Å². The second-order valence-electron chi connectivity index (χ2n) is 4.26. The molecule has 0 radical (unpaired) electrons. The van der Waals surface area contributed by atoms with Crippen molar-refractivity contribution >= 4 is 27.5 Å². The number of nitrogens with one attached hydrogen (secondary N) is 1. The van der Waals surface area contributed by atoms with Crippen LogP contribution in [0.4, 0.5) is 0 Å². The molecule has 2 aromatic rings. The SMILES string of the molecule is CS(=O)(=O)NC(=O)c1ccc(Oc2ccccc2Cl)cc1. The zero-order valence-electron chi connectivity index (χ0n) is 11.0. The van der Waals surface area contributed by atoms with Gasteiger partial charge in [-0.05, 0) is 36.4 Å². The average Bonchev–Trinajstić information content (AvgIpc) is 2.40. The summed E-state index contributed by atoms with van der Waals surface area (Å²) in [7, 11) is -3.58. The zero-order valence-corrected chi connectivity index (χ0v) is 12.6. The van der Waals surface area contributed by atoms with E-state index in [1.807, 2.05) is 4.72 Å². The molecule has 7 heteroatoms. The number of rotatable bonds is 4. The molecule has 0 atom stereocenters. The third kappa shape index (κ3) is 4.47. The fourth-order valence-electron chi connectivity index (χ4n) is 1.56. The number of ether oxygens (including phenoxy) is 1. The van der Waals surface area contributed by atoms with Crippen LogP contribution in [-0.2, 0) is 10.0 Å². The summed E-state index contributed by atoms with van der Waals surface area (Å²) in [4.78, 5) is 11.6. The highest BCUT2D eigenvalue weighted by atomic mass is 35.5. The van der Waals surface area contributed by atoms with Crippen LogP contribution >= 0.6 is 11.6 Å². The van der Waals surface area contributed by atoms with Crippen LogP contribution < -0.4 is 9.46 Å². The Balaban J connectivity index is 2.13. The smallest absolute Gasteiger partial charge is 0.264 e. The fourth-order valence-corrected chi connectivity index (χ4v) is 2.19. The first-order valence-electron chi connectivity index (χ1n) is 5.90. The fraction of sp³-hybridized carbons (Fsp3) is 0.0714. The standard InChI is InChI=1S/C14H12ClNO4S/c1-21(18,19)16-14(17)10-6-8-11(9-7-10)20-13-5-3-2-4-12(13)15/h2-9H,1H3,(H,16,17). The molecule has 5 nitrogen and oxygen atoms in total. The first kappa shape index (κ1) is 15.3. The minimum Gasteiger partial charge on any atom is -0.456 e. The number of para-hydroxylation sites is 1. The Labute approximate surface area is 127 Å². The molecule has 0 aliphatic rings. The van der Waals surface area contributed by atoms with E-state index in [1.165, 1.54) is 12.1 Å². The monoisotopic (exact) mass is 325 g/mol. The van der Waals surface area contributed by atoms with Gasteiger partial charge in [-0.1, -0.05) is 23.7 Å². The Bertz CT molecular complexity index is 757. The maximum atomic E-state index is 11.6. The van der Waals surface area contributed by atoms with Crippen LogP contribution in [-0.4, -0.2) is 20.6 Å². The summed E-state index contributed by atoms with van der Waals surface area (Å²) in [6.07, 6.45) is 0.916. The number of carbonyl (C=O) groups excluding carboxylic acids is 1. The van der Waals surface area contributed by atoms with Gasteiger partial charge in [0.15, 0.2) is 0 Å². The van der Waals surface area contributed by atoms with Crippen LogP contribution in [0.15, 0.2) is 48.5 Å². The van der Waals surface area contributed by atoms with Crippen LogP contribution in [0.3, 0.4) is 0 Å². The van der Waals surface area contributed by atoms with Crippen LogP contribution in [0.5, 0.6) is 11.5 Å². The third-order valence-electron chi connectivity index (χ3n) is 2.46. The number of amides is 1. The van der Waals surface area contributed by atoms with Crippen molar-refractivity contribution in [3.63, 3.8) is 0 Å². The van der Waals surface area contributed by atoms with Gasteiger partial charge >= 0.3 is 0 Å². The molecule has 0 saturated heterocycles. The predicted molar refractivity (Wildman–Crippen MR) is 80.3 cm³/mol. The van der Waals surface area contributed by atoms with Crippen molar-refractivity contribution in [2.45, 2.75) is 0 Å². The predicted octanol–water partition coefficient (Wildman–Crippen LogP) is 2.82. The molecule has 0 saturated carbocycles. The van der Waals surface area contributed by atoms with Gasteiger partial charge in [-0.2, -0.15) is 0 Å². The van der Waals surface area contributed by atoms with E-state index in [0.29, 0.717) is 16.5 Å². The lowest BCUT2D eigenvalue weighted by molar-refractivity contribution is 0.0981. The van der Waals surface area contributed by atoms with Crippen molar-refractivity contribution in [1.82, 2.24) is 4.72 Å². The van der Waals surface area contributed by atoms with Gasteiger partial charge < -0.3 is 4.74 Å². The second-order valence-corrected chi connectivity index (χ2v) is 6.42. The Morgan fingerprint density at radius 1 is 1.10 bits per heavy atom. The van der Waals surface area contributed by atoms with Gasteiger partial charge in [0.1, 0.15) is 11.5 Å². The van der Waals surface area contributed by atoms with E-state index in [0.717, 1.165) is 6.26 Å². The van der Waals surface area contributed by atoms with Crippen molar-refractivity contribution < 1.29 is 17.9 Å². The highest BCUT2D eigenvalue weighted by Gasteiger charge is 2.11. The molecule has 21 heavy (non-hydrogen) atoms. The quantitative estimate of drug-likeness (QED) is 0.938. The van der Waals surface area contributed by atoms with E-state index in [1.54, 1.807) is 36.4 Å². The van der Waals surface area contributed by atoms with Crippen molar-refractivity contribution in [2.24, 2.45) is 0 Å². The number of hydrogen-bond donors (Lipinski definition) is 1. The van der Waals surface area contributed by atoms with Gasteiger partial charge in [0.05, 0.1) is 11.3 Å². The number of halogens is 1. The van der Waals surface area contributed by atoms with E-state index in [4.69, 9.17) is 16.3 Å². The molecule has 1 amide bonds. The van der Waals surface area contributed by atoms with Crippen LogP contribution in [0, 0.1) is 0 Å². The molecule has 0 spiro atoms. The summed E-state index contributed by atoms with van der Waals surface area (Å²) >= 11 is 5.97. The van der Waals surface area contributed by atoms with E-state index < -0.39 is 15.9 Å². The molecule has 2 rings (SSSR count). The van der Waals surface area contributed by atoms with Gasteiger partial charge in [-0.3, -0.25) is 4.79 Å². The molecular weight excluding hydrogens is 314 g/mol. The van der Waals surface area contributed by atoms with Gasteiger partial charge in [0.2, 0.25) is 10.0 Å². The Kier molecular flexibility index (Phi) is 4.50. The highest BCUT2D eigenvalue weighted by molar-refractivity contribution is 7.89. The molecule has 0 aliphatic heterocycles. The maximum Gasteiger partial charge on any atom is 0.264 e. The molecule has 0 fully saturated rings. The van der Waals surface area contributed by atoms with E-state index in [2.05, 4.69) is 0 Å². The molecule has 2 aromatic carbocycles. The van der Waals surface area contributed by atoms with Crippen molar-refractivity contribution in [3.8, 4) is 11.5 Å². The average molecular weight is 326 g/mol. The first-order valence-corrected chi connectivity index (χ1v) is 8.17. The van der Waals surface area contributed by atoms with E-state index in [-0.39, 0.29) is 5.56 Å².